The molecule has 1 aromatic rings. The Kier molecular flexibility index (Phi) is 3.67. The summed E-state index contributed by atoms with van der Waals surface area (Å²) in [6.07, 6.45) is 0.536. The molecule has 2 amide bonds. The van der Waals surface area contributed by atoms with Crippen LogP contribution in [0.1, 0.15) is 29.3 Å². The van der Waals surface area contributed by atoms with E-state index in [1.807, 2.05) is 0 Å². The number of amides is 2. The molecule has 1 aromatic carbocycles. The molecule has 0 aliphatic carbocycles. The van der Waals surface area contributed by atoms with E-state index in [0.29, 0.717) is 24.2 Å². The van der Waals surface area contributed by atoms with Crippen molar-refractivity contribution in [3.63, 3.8) is 0 Å². The van der Waals surface area contributed by atoms with Crippen molar-refractivity contribution in [3.8, 4) is 0 Å². The van der Waals surface area contributed by atoms with Crippen molar-refractivity contribution in [2.45, 2.75) is 25.9 Å². The number of β-amino-alcohol motifs (C(OH)–C–C–N with tert-alkyl or cyclic N) is 1. The number of carboxylic acids is 1. The number of rotatable bonds is 2. The molecule has 6 heteroatoms. The zero-order valence-corrected chi connectivity index (χ0v) is 11.5. The van der Waals surface area contributed by atoms with Crippen LogP contribution in [0.2, 0.25) is 0 Å². The number of carbonyl (C=O) groups excluding carboxylic acids is 1. The molecule has 1 heterocycles. The molecule has 108 valence electrons. The highest BCUT2D eigenvalue weighted by molar-refractivity contribution is 5.95. The van der Waals surface area contributed by atoms with E-state index in [0.717, 1.165) is 0 Å². The van der Waals surface area contributed by atoms with E-state index >= 15 is 0 Å². The summed E-state index contributed by atoms with van der Waals surface area (Å²) < 4.78 is 0. The number of likely N-dealkylation sites (tertiary alicyclic amines) is 1. The van der Waals surface area contributed by atoms with Gasteiger partial charge in [0.25, 0.3) is 0 Å². The van der Waals surface area contributed by atoms with Crippen LogP contribution < -0.4 is 5.32 Å². The van der Waals surface area contributed by atoms with Crippen LogP contribution in [-0.4, -0.2) is 45.8 Å². The van der Waals surface area contributed by atoms with Crippen LogP contribution in [0.5, 0.6) is 0 Å². The lowest BCUT2D eigenvalue weighted by Gasteiger charge is -2.20. The maximum Gasteiger partial charge on any atom is 0.336 e. The van der Waals surface area contributed by atoms with Crippen LogP contribution in [0, 0.1) is 6.92 Å². The Morgan fingerprint density at radius 1 is 1.40 bits per heavy atom. The Morgan fingerprint density at radius 2 is 2.10 bits per heavy atom. The number of nitrogens with one attached hydrogen (secondary N) is 1. The molecule has 0 bridgehead atoms. The Labute approximate surface area is 117 Å². The monoisotopic (exact) mass is 278 g/mol. The van der Waals surface area contributed by atoms with Gasteiger partial charge in [-0.25, -0.2) is 9.59 Å². The first-order valence-electron chi connectivity index (χ1n) is 6.41. The number of carboxylic acid groups (broad SMARTS) is 1. The normalized spacial score (nSPS) is 21.9. The Balaban J connectivity index is 2.13. The number of aromatic carboxylic acids is 1. The number of aliphatic hydroxyl groups is 1. The summed E-state index contributed by atoms with van der Waals surface area (Å²) in [5.74, 6) is -1.03. The average molecular weight is 278 g/mol. The molecule has 1 atom stereocenters. The Hall–Kier alpha value is -2.08. The maximum atomic E-state index is 12.1. The summed E-state index contributed by atoms with van der Waals surface area (Å²) in [6, 6.07) is 4.42. The minimum absolute atomic E-state index is 0.163. The molecule has 3 N–H and O–H groups in total. The van der Waals surface area contributed by atoms with Gasteiger partial charge in [-0.1, -0.05) is 6.07 Å². The summed E-state index contributed by atoms with van der Waals surface area (Å²) >= 11 is 0. The molecule has 20 heavy (non-hydrogen) atoms. The van der Waals surface area contributed by atoms with Gasteiger partial charge >= 0.3 is 12.0 Å². The van der Waals surface area contributed by atoms with Crippen molar-refractivity contribution in [1.82, 2.24) is 4.90 Å². The van der Waals surface area contributed by atoms with Gasteiger partial charge in [-0.15, -0.1) is 0 Å². The minimum Gasteiger partial charge on any atom is -0.478 e. The highest BCUT2D eigenvalue weighted by Crippen LogP contribution is 2.23. The lowest BCUT2D eigenvalue weighted by atomic mass is 10.1. The SMILES string of the molecule is Cc1c(NC(=O)N2CCC(C)(O)C2)cccc1C(=O)O. The minimum atomic E-state index is -1.03. The van der Waals surface area contributed by atoms with Crippen molar-refractivity contribution in [1.29, 1.82) is 0 Å². The molecule has 0 spiro atoms. The number of urea groups is 1. The van der Waals surface area contributed by atoms with Crippen LogP contribution in [0.25, 0.3) is 0 Å². The van der Waals surface area contributed by atoms with Gasteiger partial charge in [0.2, 0.25) is 0 Å². The van der Waals surface area contributed by atoms with Crippen LogP contribution >= 0.6 is 0 Å². The predicted molar refractivity (Wildman–Crippen MR) is 74.0 cm³/mol. The first kappa shape index (κ1) is 14.3. The molecule has 1 aliphatic rings. The summed E-state index contributed by atoms with van der Waals surface area (Å²) in [6.45, 7) is 4.10. The molecule has 2 rings (SSSR count). The zero-order chi connectivity index (χ0) is 14.9. The van der Waals surface area contributed by atoms with Gasteiger partial charge in [-0.05, 0) is 38.0 Å². The quantitative estimate of drug-likeness (QED) is 0.767. The van der Waals surface area contributed by atoms with Gasteiger partial charge in [-0.2, -0.15) is 0 Å². The van der Waals surface area contributed by atoms with E-state index in [2.05, 4.69) is 5.32 Å². The third kappa shape index (κ3) is 2.91. The van der Waals surface area contributed by atoms with Gasteiger partial charge in [0.15, 0.2) is 0 Å². The zero-order valence-electron chi connectivity index (χ0n) is 11.5. The fourth-order valence-electron chi connectivity index (χ4n) is 2.32. The molecule has 0 aromatic heterocycles. The van der Waals surface area contributed by atoms with Crippen molar-refractivity contribution >= 4 is 17.7 Å². The van der Waals surface area contributed by atoms with Crippen LogP contribution in [0.3, 0.4) is 0 Å². The average Bonchev–Trinajstić information content (AvgIpc) is 2.72. The molecule has 6 nitrogen and oxygen atoms in total. The smallest absolute Gasteiger partial charge is 0.336 e. The second-order valence-corrected chi connectivity index (χ2v) is 5.38. The first-order chi connectivity index (χ1) is 9.30. The fourth-order valence-corrected chi connectivity index (χ4v) is 2.32. The molecule has 1 saturated heterocycles. The van der Waals surface area contributed by atoms with E-state index < -0.39 is 11.6 Å². The topological polar surface area (TPSA) is 89.9 Å². The van der Waals surface area contributed by atoms with E-state index in [-0.39, 0.29) is 18.1 Å². The predicted octanol–water partition coefficient (Wildman–Crippen LogP) is 1.68. The third-order valence-corrected chi connectivity index (χ3v) is 3.54. The molecule has 1 fully saturated rings. The number of carbonyl (C=O) groups is 2. The molecular formula is C14H18N2O4. The van der Waals surface area contributed by atoms with Gasteiger partial charge in [0, 0.05) is 12.2 Å². The maximum absolute atomic E-state index is 12.1. The Bertz CT molecular complexity index is 554. The summed E-state index contributed by atoms with van der Waals surface area (Å²) in [7, 11) is 0. The Morgan fingerprint density at radius 3 is 2.65 bits per heavy atom. The van der Waals surface area contributed by atoms with E-state index in [1.165, 1.54) is 11.0 Å². The summed E-state index contributed by atoms with van der Waals surface area (Å²) in [5.41, 5.74) is 0.298. The number of hydrogen-bond donors (Lipinski definition) is 3. The first-order valence-corrected chi connectivity index (χ1v) is 6.41. The number of nitrogens with zero attached hydrogens (tertiary/aromatic N) is 1. The van der Waals surface area contributed by atoms with Crippen LogP contribution in [0.15, 0.2) is 18.2 Å². The highest BCUT2D eigenvalue weighted by Gasteiger charge is 2.34. The van der Waals surface area contributed by atoms with E-state index in [1.54, 1.807) is 26.0 Å². The lowest BCUT2D eigenvalue weighted by molar-refractivity contribution is 0.0695. The molecule has 1 unspecified atom stereocenters. The molecule has 0 saturated carbocycles. The van der Waals surface area contributed by atoms with E-state index in [9.17, 15) is 14.7 Å². The molecule has 1 aliphatic heterocycles. The van der Waals surface area contributed by atoms with Gasteiger partial charge in [-0.3, -0.25) is 0 Å². The second-order valence-electron chi connectivity index (χ2n) is 5.38. The van der Waals surface area contributed by atoms with Crippen LogP contribution in [0.4, 0.5) is 10.5 Å². The molecular weight excluding hydrogens is 260 g/mol. The van der Waals surface area contributed by atoms with Crippen molar-refractivity contribution in [2.24, 2.45) is 0 Å². The highest BCUT2D eigenvalue weighted by atomic mass is 16.4. The van der Waals surface area contributed by atoms with Crippen molar-refractivity contribution in [3.05, 3.63) is 29.3 Å². The number of anilines is 1. The second kappa shape index (κ2) is 5.13. The van der Waals surface area contributed by atoms with Gasteiger partial charge in [0.1, 0.15) is 0 Å². The van der Waals surface area contributed by atoms with Gasteiger partial charge < -0.3 is 20.4 Å². The lowest BCUT2D eigenvalue weighted by Crippen LogP contribution is -2.36. The van der Waals surface area contributed by atoms with Crippen molar-refractivity contribution < 1.29 is 19.8 Å². The fraction of sp³-hybridized carbons (Fsp3) is 0.429. The summed E-state index contributed by atoms with van der Waals surface area (Å²) in [5, 5.41) is 21.6. The molecule has 0 radical (unpaired) electrons. The number of hydrogen-bond acceptors (Lipinski definition) is 3. The van der Waals surface area contributed by atoms with Gasteiger partial charge in [0.05, 0.1) is 17.7 Å². The van der Waals surface area contributed by atoms with Crippen molar-refractivity contribution in [2.75, 3.05) is 18.4 Å². The third-order valence-electron chi connectivity index (χ3n) is 3.54. The van der Waals surface area contributed by atoms with Crippen LogP contribution in [-0.2, 0) is 0 Å². The largest absolute Gasteiger partial charge is 0.478 e. The number of benzene rings is 1. The summed E-state index contributed by atoms with van der Waals surface area (Å²) in [4.78, 5) is 24.7. The standard InChI is InChI=1S/C14H18N2O4/c1-9-10(12(17)18)4-3-5-11(9)15-13(19)16-7-6-14(2,20)8-16/h3-5,20H,6-8H2,1-2H3,(H,15,19)(H,17,18). The van der Waals surface area contributed by atoms with E-state index in [4.69, 9.17) is 5.11 Å².